The van der Waals surface area contributed by atoms with Gasteiger partial charge in [0.2, 0.25) is 0 Å². The van der Waals surface area contributed by atoms with Crippen LogP contribution in [0.2, 0.25) is 0 Å². The second-order valence-electron chi connectivity index (χ2n) is 7.68. The van der Waals surface area contributed by atoms with Gasteiger partial charge >= 0.3 is 0 Å². The number of piperidine rings is 1. The lowest BCUT2D eigenvalue weighted by Crippen LogP contribution is -2.41. The summed E-state index contributed by atoms with van der Waals surface area (Å²) in [5.74, 6) is 1.68. The Bertz CT molecular complexity index is 1010. The molecule has 2 aromatic heterocycles. The molecule has 1 aromatic carbocycles. The number of aromatic nitrogens is 3. The number of benzene rings is 1. The fraction of sp³-hybridized carbons (Fsp3) is 0.409. The van der Waals surface area contributed by atoms with Gasteiger partial charge in [0, 0.05) is 37.8 Å². The largest absolute Gasteiger partial charge is 0.493 e. The molecule has 3 aromatic rings. The zero-order chi connectivity index (χ0) is 20.4. The summed E-state index contributed by atoms with van der Waals surface area (Å²) in [5.41, 5.74) is 3.27. The highest BCUT2D eigenvalue weighted by molar-refractivity contribution is 5.93. The highest BCUT2D eigenvalue weighted by atomic mass is 16.5. The first kappa shape index (κ1) is 19.2. The summed E-state index contributed by atoms with van der Waals surface area (Å²) in [6, 6.07) is 9.71. The minimum atomic E-state index is -0.0952. The van der Waals surface area contributed by atoms with Gasteiger partial charge in [-0.3, -0.25) is 9.48 Å². The van der Waals surface area contributed by atoms with E-state index in [2.05, 4.69) is 10.3 Å². The van der Waals surface area contributed by atoms with Gasteiger partial charge in [0.15, 0.2) is 11.5 Å². The number of carbonyl (C=O) groups excluding carboxylic acids is 1. The molecule has 1 aliphatic rings. The van der Waals surface area contributed by atoms with Crippen LogP contribution in [0.3, 0.4) is 0 Å². The summed E-state index contributed by atoms with van der Waals surface area (Å²) in [6.07, 6.45) is 3.73. The number of amides is 1. The average Bonchev–Trinajstić information content (AvgIpc) is 3.34. The molecule has 0 N–H and O–H groups in total. The average molecular weight is 394 g/mol. The molecule has 29 heavy (non-hydrogen) atoms. The van der Waals surface area contributed by atoms with Gasteiger partial charge in [-0.25, -0.2) is 0 Å². The molecule has 4 rings (SSSR count). The first-order valence-corrected chi connectivity index (χ1v) is 9.96. The van der Waals surface area contributed by atoms with E-state index >= 15 is 0 Å². The Morgan fingerprint density at radius 2 is 2.14 bits per heavy atom. The predicted octanol–water partition coefficient (Wildman–Crippen LogP) is 3.62. The molecule has 0 aliphatic carbocycles. The number of nitrogens with zero attached hydrogens (tertiary/aromatic N) is 4. The summed E-state index contributed by atoms with van der Waals surface area (Å²) < 4.78 is 13.2. The Hall–Kier alpha value is -3.09. The van der Waals surface area contributed by atoms with Crippen molar-refractivity contribution in [2.24, 2.45) is 13.0 Å². The number of rotatable bonds is 5. The first-order chi connectivity index (χ1) is 14.0. The van der Waals surface area contributed by atoms with Gasteiger partial charge in [-0.15, -0.1) is 0 Å². The van der Waals surface area contributed by atoms with Crippen LogP contribution in [0, 0.1) is 19.8 Å². The van der Waals surface area contributed by atoms with Crippen LogP contribution in [0.5, 0.6) is 5.75 Å². The van der Waals surface area contributed by atoms with Gasteiger partial charge in [-0.2, -0.15) is 5.10 Å². The van der Waals surface area contributed by atoms with Crippen LogP contribution in [0.25, 0.3) is 11.3 Å². The van der Waals surface area contributed by atoms with Gasteiger partial charge in [0.25, 0.3) is 5.91 Å². The van der Waals surface area contributed by atoms with Crippen LogP contribution in [-0.2, 0) is 7.05 Å². The van der Waals surface area contributed by atoms with Crippen molar-refractivity contribution in [3.8, 4) is 17.1 Å². The number of hydrogen-bond donors (Lipinski definition) is 0. The Morgan fingerprint density at radius 3 is 2.90 bits per heavy atom. The maximum Gasteiger partial charge on any atom is 0.276 e. The maximum absolute atomic E-state index is 13.0. The number of ether oxygens (including phenoxy) is 1. The SMILES string of the molecule is Cc1ccccc1OCC1CCCN(C(=O)c2cc(-c3cnn(C)c3C)on2)C1. The molecule has 1 fully saturated rings. The highest BCUT2D eigenvalue weighted by Crippen LogP contribution is 2.26. The summed E-state index contributed by atoms with van der Waals surface area (Å²) in [6.45, 7) is 5.99. The molecule has 1 saturated heterocycles. The van der Waals surface area contributed by atoms with E-state index in [0.29, 0.717) is 30.5 Å². The summed E-state index contributed by atoms with van der Waals surface area (Å²) in [5, 5.41) is 8.23. The molecule has 7 heteroatoms. The standard InChI is InChI=1S/C22H26N4O3/c1-15-7-4-5-9-20(15)28-14-17-8-6-10-26(13-17)22(27)19-11-21(29-24-19)18-12-23-25(3)16(18)2/h4-5,7,9,11-12,17H,6,8,10,13-14H2,1-3H3. The topological polar surface area (TPSA) is 73.4 Å². The van der Waals surface area contributed by atoms with Crippen molar-refractivity contribution in [3.63, 3.8) is 0 Å². The zero-order valence-corrected chi connectivity index (χ0v) is 17.1. The Kier molecular flexibility index (Phi) is 5.38. The highest BCUT2D eigenvalue weighted by Gasteiger charge is 2.27. The smallest absolute Gasteiger partial charge is 0.276 e. The number of carbonyl (C=O) groups is 1. The first-order valence-electron chi connectivity index (χ1n) is 9.96. The van der Waals surface area contributed by atoms with Gasteiger partial charge in [0.05, 0.1) is 18.4 Å². The molecule has 1 amide bonds. The number of hydrogen-bond acceptors (Lipinski definition) is 5. The van der Waals surface area contributed by atoms with Gasteiger partial charge in [-0.1, -0.05) is 23.4 Å². The Balaban J connectivity index is 1.40. The maximum atomic E-state index is 13.0. The molecule has 3 heterocycles. The third-order valence-corrected chi connectivity index (χ3v) is 5.60. The van der Waals surface area contributed by atoms with Crippen LogP contribution < -0.4 is 4.74 Å². The predicted molar refractivity (Wildman–Crippen MR) is 109 cm³/mol. The normalized spacial score (nSPS) is 16.8. The van der Waals surface area contributed by atoms with E-state index < -0.39 is 0 Å². The van der Waals surface area contributed by atoms with Crippen molar-refractivity contribution in [1.29, 1.82) is 0 Å². The second-order valence-corrected chi connectivity index (χ2v) is 7.68. The molecule has 0 saturated carbocycles. The van der Waals surface area contributed by atoms with E-state index in [0.717, 1.165) is 42.0 Å². The number of likely N-dealkylation sites (tertiary alicyclic amines) is 1. The van der Waals surface area contributed by atoms with Crippen LogP contribution in [-0.4, -0.2) is 45.4 Å². The molecule has 152 valence electrons. The van der Waals surface area contributed by atoms with E-state index in [1.165, 1.54) is 0 Å². The zero-order valence-electron chi connectivity index (χ0n) is 17.1. The monoisotopic (exact) mass is 394 g/mol. The van der Waals surface area contributed by atoms with Gasteiger partial charge in [-0.05, 0) is 38.3 Å². The van der Waals surface area contributed by atoms with Crippen LogP contribution >= 0.6 is 0 Å². The van der Waals surface area contributed by atoms with E-state index in [1.54, 1.807) is 16.9 Å². The summed E-state index contributed by atoms with van der Waals surface area (Å²) in [7, 11) is 1.87. The molecule has 0 spiro atoms. The molecule has 7 nitrogen and oxygen atoms in total. The molecule has 0 bridgehead atoms. The lowest BCUT2D eigenvalue weighted by atomic mass is 9.98. The summed E-state index contributed by atoms with van der Waals surface area (Å²) in [4.78, 5) is 14.8. The number of aryl methyl sites for hydroxylation is 2. The molecular formula is C22H26N4O3. The van der Waals surface area contributed by atoms with Crippen molar-refractivity contribution < 1.29 is 14.1 Å². The molecule has 0 radical (unpaired) electrons. The van der Waals surface area contributed by atoms with Crippen molar-refractivity contribution >= 4 is 5.91 Å². The van der Waals surface area contributed by atoms with E-state index in [-0.39, 0.29) is 5.91 Å². The molecule has 1 unspecified atom stereocenters. The van der Waals surface area contributed by atoms with Gasteiger partial charge in [0.1, 0.15) is 5.75 Å². The fourth-order valence-electron chi connectivity index (χ4n) is 3.72. The third-order valence-electron chi connectivity index (χ3n) is 5.60. The van der Waals surface area contributed by atoms with Crippen molar-refractivity contribution in [3.05, 3.63) is 53.5 Å². The minimum absolute atomic E-state index is 0.0952. The van der Waals surface area contributed by atoms with E-state index in [4.69, 9.17) is 9.26 Å². The van der Waals surface area contributed by atoms with E-state index in [9.17, 15) is 4.79 Å². The van der Waals surface area contributed by atoms with Crippen LogP contribution in [0.15, 0.2) is 41.1 Å². The number of para-hydroxylation sites is 1. The molecule has 1 atom stereocenters. The Labute approximate surface area is 170 Å². The molecule has 1 aliphatic heterocycles. The van der Waals surface area contributed by atoms with Crippen molar-refractivity contribution in [2.45, 2.75) is 26.7 Å². The lowest BCUT2D eigenvalue weighted by molar-refractivity contribution is 0.0623. The third kappa shape index (κ3) is 4.04. The Morgan fingerprint density at radius 1 is 1.31 bits per heavy atom. The van der Waals surface area contributed by atoms with Crippen LogP contribution in [0.4, 0.5) is 0 Å². The molecular weight excluding hydrogens is 368 g/mol. The minimum Gasteiger partial charge on any atom is -0.493 e. The second kappa shape index (κ2) is 8.11. The van der Waals surface area contributed by atoms with Gasteiger partial charge < -0.3 is 14.2 Å². The fourth-order valence-corrected chi connectivity index (χ4v) is 3.72. The van der Waals surface area contributed by atoms with Crippen molar-refractivity contribution in [1.82, 2.24) is 19.8 Å². The van der Waals surface area contributed by atoms with Crippen molar-refractivity contribution in [2.75, 3.05) is 19.7 Å². The lowest BCUT2D eigenvalue weighted by Gasteiger charge is -2.32. The quantitative estimate of drug-likeness (QED) is 0.661. The van der Waals surface area contributed by atoms with E-state index in [1.807, 2.05) is 50.1 Å². The van der Waals surface area contributed by atoms with Crippen LogP contribution in [0.1, 0.15) is 34.6 Å². The summed E-state index contributed by atoms with van der Waals surface area (Å²) >= 11 is 0.